The second-order valence-corrected chi connectivity index (χ2v) is 6.33. The second kappa shape index (κ2) is 8.22. The summed E-state index contributed by atoms with van der Waals surface area (Å²) < 4.78 is 1.68. The minimum Gasteiger partial charge on any atom is -0.508 e. The van der Waals surface area contributed by atoms with Gasteiger partial charge in [0, 0.05) is 11.8 Å². The molecule has 0 saturated heterocycles. The molecule has 0 aliphatic rings. The molecule has 0 aliphatic carbocycles. The molecule has 6 heteroatoms. The molecule has 0 bridgehead atoms. The van der Waals surface area contributed by atoms with Crippen LogP contribution in [0.25, 0.3) is 16.9 Å². The summed E-state index contributed by atoms with van der Waals surface area (Å²) in [6.07, 6.45) is 3.16. The Balaban J connectivity index is 1.64. The number of amides is 1. The fourth-order valence-electron chi connectivity index (χ4n) is 2.89. The average molecular weight is 382 g/mol. The van der Waals surface area contributed by atoms with Crippen LogP contribution in [0.5, 0.6) is 5.75 Å². The Morgan fingerprint density at radius 1 is 0.966 bits per heavy atom. The van der Waals surface area contributed by atoms with Gasteiger partial charge in [-0.2, -0.15) is 10.2 Å². The first kappa shape index (κ1) is 18.2. The zero-order chi connectivity index (χ0) is 20.1. The van der Waals surface area contributed by atoms with E-state index in [1.807, 2.05) is 60.7 Å². The number of carbonyl (C=O) groups excluding carboxylic acids is 1. The normalized spacial score (nSPS) is 10.9. The highest BCUT2D eigenvalue weighted by Gasteiger charge is 2.18. The van der Waals surface area contributed by atoms with Crippen LogP contribution in [-0.4, -0.2) is 27.0 Å². The third-order valence-electron chi connectivity index (χ3n) is 4.28. The molecular formula is C23H18N4O2. The zero-order valence-corrected chi connectivity index (χ0v) is 15.4. The fraction of sp³-hybridized carbons (Fsp3) is 0. The molecule has 0 spiro atoms. The zero-order valence-electron chi connectivity index (χ0n) is 15.4. The topological polar surface area (TPSA) is 79.5 Å². The first-order chi connectivity index (χ1) is 14.2. The fourth-order valence-corrected chi connectivity index (χ4v) is 2.89. The van der Waals surface area contributed by atoms with Crippen LogP contribution in [0.2, 0.25) is 0 Å². The van der Waals surface area contributed by atoms with E-state index < -0.39 is 0 Å². The van der Waals surface area contributed by atoms with E-state index in [1.165, 1.54) is 6.21 Å². The lowest BCUT2D eigenvalue weighted by atomic mass is 10.1. The summed E-state index contributed by atoms with van der Waals surface area (Å²) >= 11 is 0. The summed E-state index contributed by atoms with van der Waals surface area (Å²) in [6.45, 7) is 0. The van der Waals surface area contributed by atoms with Crippen LogP contribution in [0.1, 0.15) is 15.9 Å². The molecule has 6 nitrogen and oxygen atoms in total. The summed E-state index contributed by atoms with van der Waals surface area (Å²) in [5, 5.41) is 18.1. The number of phenolic OH excluding ortho intramolecular Hbond substituents is 1. The van der Waals surface area contributed by atoms with E-state index in [4.69, 9.17) is 0 Å². The monoisotopic (exact) mass is 382 g/mol. The van der Waals surface area contributed by atoms with Gasteiger partial charge in [0.1, 0.15) is 11.4 Å². The highest BCUT2D eigenvalue weighted by atomic mass is 16.3. The minimum atomic E-state index is -0.373. The third kappa shape index (κ3) is 4.22. The highest BCUT2D eigenvalue weighted by molar-refractivity contribution is 6.00. The van der Waals surface area contributed by atoms with Crippen molar-refractivity contribution in [1.29, 1.82) is 0 Å². The largest absolute Gasteiger partial charge is 0.508 e. The number of nitrogens with zero attached hydrogens (tertiary/aromatic N) is 3. The number of phenols is 1. The summed E-state index contributed by atoms with van der Waals surface area (Å²) in [7, 11) is 0. The number of hydrogen-bond donors (Lipinski definition) is 2. The summed E-state index contributed by atoms with van der Waals surface area (Å²) in [5.74, 6) is -0.238. The van der Waals surface area contributed by atoms with E-state index in [0.29, 0.717) is 16.8 Å². The number of carbonyl (C=O) groups is 1. The number of nitrogens with one attached hydrogen (secondary N) is 1. The Hall–Kier alpha value is -4.19. The molecule has 0 radical (unpaired) electrons. The van der Waals surface area contributed by atoms with E-state index in [-0.39, 0.29) is 11.7 Å². The molecule has 29 heavy (non-hydrogen) atoms. The van der Waals surface area contributed by atoms with Crippen LogP contribution in [0, 0.1) is 0 Å². The predicted octanol–water partition coefficient (Wildman–Crippen LogP) is 4.01. The number of hydrogen-bond acceptors (Lipinski definition) is 4. The van der Waals surface area contributed by atoms with Crippen molar-refractivity contribution in [3.63, 3.8) is 0 Å². The van der Waals surface area contributed by atoms with Crippen molar-refractivity contribution in [2.45, 2.75) is 0 Å². The van der Waals surface area contributed by atoms with Gasteiger partial charge in [-0.05, 0) is 29.8 Å². The molecule has 142 valence electrons. The minimum absolute atomic E-state index is 0.135. The average Bonchev–Trinajstić information content (AvgIpc) is 3.21. The molecule has 4 aromatic rings. The lowest BCUT2D eigenvalue weighted by molar-refractivity contribution is 0.0955. The maximum absolute atomic E-state index is 12.8. The molecule has 3 aromatic carbocycles. The number of aromatic nitrogens is 2. The predicted molar refractivity (Wildman–Crippen MR) is 112 cm³/mol. The van der Waals surface area contributed by atoms with Gasteiger partial charge in [-0.1, -0.05) is 60.7 Å². The Morgan fingerprint density at radius 2 is 1.69 bits per heavy atom. The summed E-state index contributed by atoms with van der Waals surface area (Å²) in [6, 6.07) is 25.7. The van der Waals surface area contributed by atoms with Crippen molar-refractivity contribution in [2.75, 3.05) is 0 Å². The van der Waals surface area contributed by atoms with E-state index in [2.05, 4.69) is 15.6 Å². The first-order valence-electron chi connectivity index (χ1n) is 9.04. The van der Waals surface area contributed by atoms with E-state index in [1.54, 1.807) is 35.1 Å². The maximum atomic E-state index is 12.8. The Bertz CT molecular complexity index is 1150. The quantitative estimate of drug-likeness (QED) is 0.404. The third-order valence-corrected chi connectivity index (χ3v) is 4.28. The van der Waals surface area contributed by atoms with Gasteiger partial charge < -0.3 is 5.11 Å². The maximum Gasteiger partial charge on any atom is 0.275 e. The van der Waals surface area contributed by atoms with Gasteiger partial charge in [-0.25, -0.2) is 10.1 Å². The van der Waals surface area contributed by atoms with Crippen LogP contribution < -0.4 is 5.43 Å². The number of para-hydroxylation sites is 1. The van der Waals surface area contributed by atoms with E-state index >= 15 is 0 Å². The lowest BCUT2D eigenvalue weighted by Gasteiger charge is -2.01. The van der Waals surface area contributed by atoms with Crippen LogP contribution in [0.15, 0.2) is 96.2 Å². The van der Waals surface area contributed by atoms with Gasteiger partial charge in [-0.3, -0.25) is 4.79 Å². The molecule has 0 unspecified atom stereocenters. The Kier molecular flexibility index (Phi) is 5.16. The van der Waals surface area contributed by atoms with Crippen molar-refractivity contribution < 1.29 is 9.90 Å². The first-order valence-corrected chi connectivity index (χ1v) is 9.04. The van der Waals surface area contributed by atoms with Crippen molar-refractivity contribution in [2.24, 2.45) is 5.10 Å². The van der Waals surface area contributed by atoms with Crippen molar-refractivity contribution in [3.8, 4) is 22.7 Å². The molecular weight excluding hydrogens is 364 g/mol. The molecule has 1 aromatic heterocycles. The van der Waals surface area contributed by atoms with Gasteiger partial charge in [0.15, 0.2) is 0 Å². The standard InChI is InChI=1S/C23H18N4O2/c28-20-13-7-8-17(14-20)15-24-25-23(29)21-16-27(19-11-5-2-6-12-19)26-22(21)18-9-3-1-4-10-18/h1-16,28H,(H,25,29)/b24-15+. The van der Waals surface area contributed by atoms with Gasteiger partial charge >= 0.3 is 0 Å². The number of benzene rings is 3. The van der Waals surface area contributed by atoms with Crippen LogP contribution in [-0.2, 0) is 0 Å². The molecule has 1 amide bonds. The Morgan fingerprint density at radius 3 is 2.41 bits per heavy atom. The van der Waals surface area contributed by atoms with Gasteiger partial charge in [0.2, 0.25) is 0 Å². The van der Waals surface area contributed by atoms with Gasteiger partial charge in [0.05, 0.1) is 17.5 Å². The molecule has 0 aliphatic heterocycles. The van der Waals surface area contributed by atoms with Crippen LogP contribution in [0.4, 0.5) is 0 Å². The van der Waals surface area contributed by atoms with Gasteiger partial charge in [0.25, 0.3) is 5.91 Å². The molecule has 0 fully saturated rings. The number of hydrazone groups is 1. The van der Waals surface area contributed by atoms with E-state index in [9.17, 15) is 9.90 Å². The molecule has 0 atom stereocenters. The van der Waals surface area contributed by atoms with Crippen LogP contribution in [0.3, 0.4) is 0 Å². The Labute approximate surface area is 167 Å². The lowest BCUT2D eigenvalue weighted by Crippen LogP contribution is -2.17. The van der Waals surface area contributed by atoms with Crippen molar-refractivity contribution in [3.05, 3.63) is 102 Å². The van der Waals surface area contributed by atoms with Crippen LogP contribution >= 0.6 is 0 Å². The SMILES string of the molecule is O=C(N/N=C/c1cccc(O)c1)c1cn(-c2ccccc2)nc1-c1ccccc1. The van der Waals surface area contributed by atoms with Gasteiger partial charge in [-0.15, -0.1) is 0 Å². The molecule has 4 rings (SSSR count). The van der Waals surface area contributed by atoms with Crippen molar-refractivity contribution >= 4 is 12.1 Å². The summed E-state index contributed by atoms with van der Waals surface area (Å²) in [4.78, 5) is 12.8. The molecule has 0 saturated carbocycles. The van der Waals surface area contributed by atoms with E-state index in [0.717, 1.165) is 11.3 Å². The summed E-state index contributed by atoms with van der Waals surface area (Å²) in [5.41, 5.74) is 5.88. The highest BCUT2D eigenvalue weighted by Crippen LogP contribution is 2.23. The smallest absolute Gasteiger partial charge is 0.275 e. The number of rotatable bonds is 5. The number of aromatic hydroxyl groups is 1. The second-order valence-electron chi connectivity index (χ2n) is 6.33. The van der Waals surface area contributed by atoms with Crippen molar-refractivity contribution in [1.82, 2.24) is 15.2 Å². The molecule has 1 heterocycles. The molecule has 2 N–H and O–H groups in total.